The van der Waals surface area contributed by atoms with Gasteiger partial charge in [0.25, 0.3) is 0 Å². The zero-order valence-corrected chi connectivity index (χ0v) is 15.1. The van der Waals surface area contributed by atoms with Gasteiger partial charge in [-0.2, -0.15) is 5.10 Å². The Labute approximate surface area is 139 Å². The molecule has 1 aromatic rings. The molecule has 2 rings (SSSR count). The number of carbonyl (C=O) groups excluding carboxylic acids is 1. The van der Waals surface area contributed by atoms with Gasteiger partial charge in [0.2, 0.25) is 0 Å². The van der Waals surface area contributed by atoms with Crippen LogP contribution in [0.2, 0.25) is 0 Å². The van der Waals surface area contributed by atoms with E-state index < -0.39 is 5.60 Å². The summed E-state index contributed by atoms with van der Waals surface area (Å²) in [4.78, 5) is 14.0. The van der Waals surface area contributed by atoms with Crippen LogP contribution in [-0.4, -0.2) is 45.5 Å². The fourth-order valence-electron chi connectivity index (χ4n) is 2.88. The highest BCUT2D eigenvalue weighted by Crippen LogP contribution is 2.16. The molecule has 6 heteroatoms. The second-order valence-electron chi connectivity index (χ2n) is 7.41. The summed E-state index contributed by atoms with van der Waals surface area (Å²) in [5.74, 6) is 0. The zero-order valence-electron chi connectivity index (χ0n) is 15.1. The summed E-state index contributed by atoms with van der Waals surface area (Å²) in [6.45, 7) is 10.1. The van der Waals surface area contributed by atoms with Gasteiger partial charge in [-0.3, -0.25) is 4.68 Å². The van der Waals surface area contributed by atoms with E-state index in [0.29, 0.717) is 6.04 Å². The lowest BCUT2D eigenvalue weighted by Crippen LogP contribution is -2.38. The van der Waals surface area contributed by atoms with Crippen molar-refractivity contribution in [3.63, 3.8) is 0 Å². The molecule has 1 aliphatic rings. The minimum atomic E-state index is -0.433. The number of hydrogen-bond acceptors (Lipinski definition) is 4. The summed E-state index contributed by atoms with van der Waals surface area (Å²) in [7, 11) is 1.95. The van der Waals surface area contributed by atoms with Gasteiger partial charge in [-0.05, 0) is 52.5 Å². The predicted molar refractivity (Wildman–Crippen MR) is 90.2 cm³/mol. The molecule has 6 nitrogen and oxygen atoms in total. The number of nitrogens with zero attached hydrogens (tertiary/aromatic N) is 3. The number of ether oxygens (including phenoxy) is 1. The SMILES string of the molecule is Cc1cn(C)nc1CNC1CCCN(C(=O)OC(C)(C)C)CC1. The van der Waals surface area contributed by atoms with Gasteiger partial charge >= 0.3 is 6.09 Å². The minimum Gasteiger partial charge on any atom is -0.444 e. The largest absolute Gasteiger partial charge is 0.444 e. The van der Waals surface area contributed by atoms with E-state index in [4.69, 9.17) is 4.74 Å². The number of carbonyl (C=O) groups is 1. The standard InChI is InChI=1S/C17H30N4O2/c1-13-12-20(5)19-15(13)11-18-14-7-6-9-21(10-8-14)16(22)23-17(2,3)4/h12,14,18H,6-11H2,1-5H3. The van der Waals surface area contributed by atoms with Crippen LogP contribution >= 0.6 is 0 Å². The summed E-state index contributed by atoms with van der Waals surface area (Å²) in [6, 6.07) is 0.420. The van der Waals surface area contributed by atoms with Crippen LogP contribution in [0.5, 0.6) is 0 Å². The Balaban J connectivity index is 1.82. The van der Waals surface area contributed by atoms with Crippen LogP contribution < -0.4 is 5.32 Å². The molecule has 1 amide bonds. The van der Waals surface area contributed by atoms with Crippen molar-refractivity contribution in [2.45, 2.75) is 65.1 Å². The van der Waals surface area contributed by atoms with Crippen molar-refractivity contribution < 1.29 is 9.53 Å². The maximum atomic E-state index is 12.2. The Hall–Kier alpha value is -1.56. The molecule has 1 aliphatic heterocycles. The molecular formula is C17H30N4O2. The third kappa shape index (κ3) is 5.53. The van der Waals surface area contributed by atoms with E-state index in [1.807, 2.05) is 43.6 Å². The first-order chi connectivity index (χ1) is 10.7. The lowest BCUT2D eigenvalue weighted by molar-refractivity contribution is 0.0256. The van der Waals surface area contributed by atoms with E-state index in [1.165, 1.54) is 5.56 Å². The molecule has 0 spiro atoms. The Kier molecular flexibility index (Phi) is 5.68. The summed E-state index contributed by atoms with van der Waals surface area (Å²) in [5.41, 5.74) is 1.88. The lowest BCUT2D eigenvalue weighted by atomic mass is 10.1. The molecule has 1 unspecified atom stereocenters. The molecule has 0 bridgehead atoms. The molecule has 1 fully saturated rings. The van der Waals surface area contributed by atoms with E-state index in [1.54, 1.807) is 0 Å². The Morgan fingerprint density at radius 3 is 2.74 bits per heavy atom. The van der Waals surface area contributed by atoms with Crippen molar-refractivity contribution in [1.82, 2.24) is 20.0 Å². The van der Waals surface area contributed by atoms with Crippen molar-refractivity contribution in [3.8, 4) is 0 Å². The molecule has 0 saturated carbocycles. The molecule has 1 N–H and O–H groups in total. The van der Waals surface area contributed by atoms with Crippen molar-refractivity contribution in [2.75, 3.05) is 13.1 Å². The third-order valence-electron chi connectivity index (χ3n) is 4.05. The van der Waals surface area contributed by atoms with Crippen molar-refractivity contribution in [1.29, 1.82) is 0 Å². The molecule has 0 aliphatic carbocycles. The van der Waals surface area contributed by atoms with Crippen LogP contribution in [-0.2, 0) is 18.3 Å². The third-order valence-corrected chi connectivity index (χ3v) is 4.05. The molecule has 0 radical (unpaired) electrons. The fourth-order valence-corrected chi connectivity index (χ4v) is 2.88. The van der Waals surface area contributed by atoms with Gasteiger partial charge in [0.1, 0.15) is 5.60 Å². The topological polar surface area (TPSA) is 59.4 Å². The highest BCUT2D eigenvalue weighted by molar-refractivity contribution is 5.68. The van der Waals surface area contributed by atoms with Crippen LogP contribution in [0, 0.1) is 6.92 Å². The smallest absolute Gasteiger partial charge is 0.410 e. The van der Waals surface area contributed by atoms with Gasteiger partial charge in [0.15, 0.2) is 0 Å². The monoisotopic (exact) mass is 322 g/mol. The van der Waals surface area contributed by atoms with Crippen molar-refractivity contribution in [2.24, 2.45) is 7.05 Å². The number of rotatable bonds is 3. The Bertz CT molecular complexity index is 533. The van der Waals surface area contributed by atoms with E-state index in [0.717, 1.165) is 44.6 Å². The average molecular weight is 322 g/mol. The Morgan fingerprint density at radius 1 is 1.39 bits per heavy atom. The molecule has 1 saturated heterocycles. The summed E-state index contributed by atoms with van der Waals surface area (Å²) in [6.07, 6.45) is 4.86. The van der Waals surface area contributed by atoms with E-state index in [9.17, 15) is 4.79 Å². The van der Waals surface area contributed by atoms with Gasteiger partial charge in [-0.15, -0.1) is 0 Å². The van der Waals surface area contributed by atoms with Crippen LogP contribution in [0.4, 0.5) is 4.79 Å². The maximum Gasteiger partial charge on any atom is 0.410 e. The summed E-state index contributed by atoms with van der Waals surface area (Å²) < 4.78 is 7.32. The number of aromatic nitrogens is 2. The Morgan fingerprint density at radius 2 is 2.13 bits per heavy atom. The summed E-state index contributed by atoms with van der Waals surface area (Å²) >= 11 is 0. The lowest BCUT2D eigenvalue weighted by Gasteiger charge is -2.26. The zero-order chi connectivity index (χ0) is 17.0. The van der Waals surface area contributed by atoms with Gasteiger partial charge < -0.3 is 15.0 Å². The van der Waals surface area contributed by atoms with Gasteiger partial charge in [0, 0.05) is 38.9 Å². The predicted octanol–water partition coefficient (Wildman–Crippen LogP) is 2.61. The number of likely N-dealkylation sites (tertiary alicyclic amines) is 1. The average Bonchev–Trinajstić information content (AvgIpc) is 2.63. The normalized spacial score (nSPS) is 19.5. The van der Waals surface area contributed by atoms with Crippen LogP contribution in [0.15, 0.2) is 6.20 Å². The van der Waals surface area contributed by atoms with Crippen LogP contribution in [0.3, 0.4) is 0 Å². The molecule has 0 aromatic carbocycles. The first-order valence-electron chi connectivity index (χ1n) is 8.45. The second kappa shape index (κ2) is 7.34. The van der Waals surface area contributed by atoms with Gasteiger partial charge in [-0.1, -0.05) is 0 Å². The molecule has 23 heavy (non-hydrogen) atoms. The number of amides is 1. The van der Waals surface area contributed by atoms with Crippen LogP contribution in [0.1, 0.15) is 51.3 Å². The molecule has 1 atom stereocenters. The highest BCUT2D eigenvalue weighted by Gasteiger charge is 2.25. The number of aryl methyl sites for hydroxylation is 2. The van der Waals surface area contributed by atoms with E-state index in [2.05, 4.69) is 17.3 Å². The van der Waals surface area contributed by atoms with Gasteiger partial charge in [-0.25, -0.2) is 4.79 Å². The van der Waals surface area contributed by atoms with Crippen molar-refractivity contribution >= 4 is 6.09 Å². The first kappa shape index (κ1) is 17.8. The second-order valence-corrected chi connectivity index (χ2v) is 7.41. The quantitative estimate of drug-likeness (QED) is 0.929. The molecule has 130 valence electrons. The van der Waals surface area contributed by atoms with Gasteiger partial charge in [0.05, 0.1) is 5.69 Å². The number of hydrogen-bond donors (Lipinski definition) is 1. The number of nitrogens with one attached hydrogen (secondary N) is 1. The summed E-state index contributed by atoms with van der Waals surface area (Å²) in [5, 5.41) is 8.06. The van der Waals surface area contributed by atoms with Crippen molar-refractivity contribution in [3.05, 3.63) is 17.5 Å². The minimum absolute atomic E-state index is 0.196. The molecular weight excluding hydrogens is 292 g/mol. The molecule has 2 heterocycles. The maximum absolute atomic E-state index is 12.2. The van der Waals surface area contributed by atoms with E-state index in [-0.39, 0.29) is 6.09 Å². The van der Waals surface area contributed by atoms with E-state index >= 15 is 0 Å². The highest BCUT2D eigenvalue weighted by atomic mass is 16.6. The first-order valence-corrected chi connectivity index (χ1v) is 8.45. The fraction of sp³-hybridized carbons (Fsp3) is 0.765. The molecule has 1 aromatic heterocycles. The van der Waals surface area contributed by atoms with Crippen LogP contribution in [0.25, 0.3) is 0 Å².